The smallest absolute Gasteiger partial charge is 0.333 e. The maximum atomic E-state index is 11.5. The molecule has 6 N–H and O–H groups in total. The first kappa shape index (κ1) is 13.5. The standard InChI is InChI=1S/C8H6N3O6.Np/c9-6-1(2(12)16-3(6)13)7(10)4(14)17-5(15)8(6,7)11;/h9-11H2;/q-1;. The Balaban J connectivity index is 0.00000120. The maximum absolute atomic E-state index is 11.5. The van der Waals surface area contributed by atoms with Gasteiger partial charge in [0.25, 0.3) is 0 Å². The van der Waals surface area contributed by atoms with Crippen molar-refractivity contribution < 1.29 is 58.6 Å². The van der Waals surface area contributed by atoms with Gasteiger partial charge in [0.05, 0.1) is 0 Å². The van der Waals surface area contributed by atoms with Crippen LogP contribution in [0.2, 0.25) is 0 Å². The molecule has 0 aromatic rings. The van der Waals surface area contributed by atoms with Crippen molar-refractivity contribution in [1.29, 1.82) is 0 Å². The minimum atomic E-state index is -2.30. The van der Waals surface area contributed by atoms with E-state index in [0.29, 0.717) is 0 Å². The molecule has 0 aromatic heterocycles. The summed E-state index contributed by atoms with van der Waals surface area (Å²) in [7, 11) is 0. The summed E-state index contributed by atoms with van der Waals surface area (Å²) in [4.78, 5) is 45.8. The van der Waals surface area contributed by atoms with Crippen molar-refractivity contribution in [2.45, 2.75) is 16.6 Å². The van der Waals surface area contributed by atoms with Gasteiger partial charge in [-0.15, -0.1) is 0 Å². The Hall–Kier alpha value is -0.957. The van der Waals surface area contributed by atoms with Crippen molar-refractivity contribution in [3.63, 3.8) is 0 Å². The predicted molar refractivity (Wildman–Crippen MR) is 46.2 cm³/mol. The number of carbonyl (C=O) groups excluding carboxylic acids is 4. The Morgan fingerprint density at radius 2 is 1.28 bits per heavy atom. The van der Waals surface area contributed by atoms with Crippen LogP contribution >= 0.6 is 0 Å². The van der Waals surface area contributed by atoms with Gasteiger partial charge in [-0.05, 0) is 0 Å². The van der Waals surface area contributed by atoms with Crippen molar-refractivity contribution in [3.05, 3.63) is 5.92 Å². The molecular weight excluding hydrogens is 471 g/mol. The molecule has 2 aliphatic heterocycles. The molecule has 3 unspecified atom stereocenters. The number of rotatable bonds is 0. The molecule has 18 heavy (non-hydrogen) atoms. The number of ether oxygens (including phenoxy) is 2. The van der Waals surface area contributed by atoms with Gasteiger partial charge in [0.1, 0.15) is 5.54 Å². The molecule has 9 nitrogen and oxygen atoms in total. The molecule has 10 heteroatoms. The van der Waals surface area contributed by atoms with Crippen molar-refractivity contribution in [2.75, 3.05) is 0 Å². The van der Waals surface area contributed by atoms with Gasteiger partial charge < -0.3 is 26.7 Å². The molecule has 0 aromatic carbocycles. The molecule has 1 saturated carbocycles. The normalized spacial score (nSPS) is 44.7. The van der Waals surface area contributed by atoms with Gasteiger partial charge in [-0.1, -0.05) is 0 Å². The molecule has 3 fully saturated rings. The van der Waals surface area contributed by atoms with Crippen LogP contribution in [0.1, 0.15) is 0 Å². The zero-order valence-corrected chi connectivity index (χ0v) is 12.4. The molecule has 0 bridgehead atoms. The van der Waals surface area contributed by atoms with Gasteiger partial charge in [-0.2, -0.15) is 0 Å². The summed E-state index contributed by atoms with van der Waals surface area (Å²) in [5.74, 6) is -5.37. The monoisotopic (exact) mass is 476 g/mol. The third kappa shape index (κ3) is 0.851. The fraction of sp³-hybridized carbons (Fsp3) is 0.375. The Bertz CT molecular complexity index is 513. The number of esters is 4. The third-order valence-electron chi connectivity index (χ3n) is 3.57. The molecule has 3 aliphatic rings. The predicted octanol–water partition coefficient (Wildman–Crippen LogP) is -4.17. The van der Waals surface area contributed by atoms with Crippen LogP contribution in [-0.2, 0) is 28.7 Å². The molecule has 2 saturated heterocycles. The van der Waals surface area contributed by atoms with Gasteiger partial charge in [0, 0.05) is 41.0 Å². The minimum Gasteiger partial charge on any atom is -0.421 e. The van der Waals surface area contributed by atoms with E-state index in [1.54, 1.807) is 0 Å². The van der Waals surface area contributed by atoms with E-state index in [9.17, 15) is 19.2 Å². The fourth-order valence-electron chi connectivity index (χ4n) is 2.58. The van der Waals surface area contributed by atoms with E-state index in [2.05, 4.69) is 9.47 Å². The van der Waals surface area contributed by atoms with E-state index in [0.717, 1.165) is 0 Å². The van der Waals surface area contributed by atoms with E-state index in [4.69, 9.17) is 17.2 Å². The Morgan fingerprint density at radius 3 is 1.78 bits per heavy atom. The summed E-state index contributed by atoms with van der Waals surface area (Å²) in [6.07, 6.45) is 0. The summed E-state index contributed by atoms with van der Waals surface area (Å²) >= 11 is 0. The maximum Gasteiger partial charge on any atom is 0.333 e. The van der Waals surface area contributed by atoms with Gasteiger partial charge in [-0.3, -0.25) is 14.4 Å². The molecule has 0 amide bonds. The first-order chi connectivity index (χ1) is 7.72. The zero-order chi connectivity index (χ0) is 12.8. The van der Waals surface area contributed by atoms with Gasteiger partial charge in [-0.25, -0.2) is 10.7 Å². The molecule has 2 heterocycles. The second kappa shape index (κ2) is 3.13. The average molecular weight is 477 g/mol. The molecule has 1 radical (unpaired) electrons. The second-order valence-electron chi connectivity index (χ2n) is 4.15. The van der Waals surface area contributed by atoms with Gasteiger partial charge in [0.15, 0.2) is 5.97 Å². The third-order valence-corrected chi connectivity index (χ3v) is 3.57. The van der Waals surface area contributed by atoms with Crippen molar-refractivity contribution in [1.82, 2.24) is 0 Å². The topological polar surface area (TPSA) is 165 Å². The number of nitrogens with two attached hydrogens (primary N) is 3. The van der Waals surface area contributed by atoms with Crippen molar-refractivity contribution >= 4 is 23.9 Å². The van der Waals surface area contributed by atoms with Crippen LogP contribution in [0, 0.1) is 35.9 Å². The molecule has 3 rings (SSSR count). The van der Waals surface area contributed by atoms with Crippen LogP contribution in [0.15, 0.2) is 0 Å². The van der Waals surface area contributed by atoms with Crippen LogP contribution in [0.3, 0.4) is 0 Å². The van der Waals surface area contributed by atoms with E-state index in [1.165, 1.54) is 0 Å². The summed E-state index contributed by atoms with van der Waals surface area (Å²) in [6, 6.07) is 0. The van der Waals surface area contributed by atoms with Crippen LogP contribution in [0.25, 0.3) is 0 Å². The van der Waals surface area contributed by atoms with Crippen molar-refractivity contribution in [3.8, 4) is 0 Å². The Labute approximate surface area is 122 Å². The number of carbonyl (C=O) groups is 4. The van der Waals surface area contributed by atoms with Crippen LogP contribution in [-0.4, -0.2) is 40.5 Å². The molecule has 1 aliphatic carbocycles. The summed E-state index contributed by atoms with van der Waals surface area (Å²) in [6.45, 7) is 0. The van der Waals surface area contributed by atoms with E-state index >= 15 is 0 Å². The van der Waals surface area contributed by atoms with Gasteiger partial charge >= 0.3 is 17.9 Å². The van der Waals surface area contributed by atoms with Crippen LogP contribution in [0.5, 0.6) is 0 Å². The van der Waals surface area contributed by atoms with Crippen LogP contribution < -0.4 is 17.2 Å². The van der Waals surface area contributed by atoms with E-state index in [1.807, 2.05) is 0 Å². The molecular formula is C8H6N3NpO6-. The summed E-state index contributed by atoms with van der Waals surface area (Å²) < 4.78 is 8.52. The number of hydrogen-bond acceptors (Lipinski definition) is 9. The molecule has 3 atom stereocenters. The first-order valence-corrected chi connectivity index (χ1v) is 4.50. The van der Waals surface area contributed by atoms with Crippen LogP contribution in [0.4, 0.5) is 0 Å². The quantitative estimate of drug-likeness (QED) is 0.178. The van der Waals surface area contributed by atoms with E-state index < -0.39 is 46.4 Å². The Morgan fingerprint density at radius 1 is 0.833 bits per heavy atom. The second-order valence-corrected chi connectivity index (χ2v) is 4.15. The Kier molecular flexibility index (Phi) is 2.34. The zero-order valence-electron chi connectivity index (χ0n) is 8.63. The number of fused-ring (bicyclic) bond motifs is 4. The van der Waals surface area contributed by atoms with E-state index in [-0.39, 0.29) is 29.9 Å². The fourth-order valence-corrected chi connectivity index (χ4v) is 2.58. The SMILES string of the molecule is NC12C(=O)OC(=O)[C-]1C1(N)C(=O)OC(=O)C21N.[Np]. The average Bonchev–Trinajstić information content (AvgIpc) is 2.53. The summed E-state index contributed by atoms with van der Waals surface area (Å²) in [5.41, 5.74) is 10.1. The minimum absolute atomic E-state index is 0. The number of cyclic esters (lactones) is 4. The first-order valence-electron chi connectivity index (χ1n) is 4.50. The molecule has 0 spiro atoms. The van der Waals surface area contributed by atoms with Crippen molar-refractivity contribution in [2.24, 2.45) is 17.2 Å². The molecule has 95 valence electrons. The largest absolute Gasteiger partial charge is 0.421 e. The summed E-state index contributed by atoms with van der Waals surface area (Å²) in [5, 5.41) is 0. The number of hydrogen-bond donors (Lipinski definition) is 3. The van der Waals surface area contributed by atoms with Gasteiger partial charge in [0.2, 0.25) is 0 Å².